The van der Waals surface area contributed by atoms with Gasteiger partial charge in [0, 0.05) is 24.5 Å². The molecule has 2 rings (SSSR count). The lowest BCUT2D eigenvalue weighted by atomic mass is 9.78. The number of hydrogen-bond donors (Lipinski definition) is 2. The van der Waals surface area contributed by atoms with Gasteiger partial charge in [0.25, 0.3) is 0 Å². The van der Waals surface area contributed by atoms with Crippen LogP contribution in [0.2, 0.25) is 0 Å². The maximum Gasteiger partial charge on any atom is 0.407 e. The number of rotatable bonds is 0. The van der Waals surface area contributed by atoms with E-state index in [2.05, 4.69) is 0 Å². The molecule has 0 aromatic heterocycles. The van der Waals surface area contributed by atoms with Gasteiger partial charge in [-0.2, -0.15) is 0 Å². The van der Waals surface area contributed by atoms with Gasteiger partial charge in [-0.1, -0.05) is 0 Å². The highest BCUT2D eigenvalue weighted by Crippen LogP contribution is 2.44. The average molecular weight is 207 g/mol. The smallest absolute Gasteiger partial charge is 0.407 e. The number of carboxylic acid groups (broad SMARTS) is 1. The van der Waals surface area contributed by atoms with Crippen molar-refractivity contribution < 1.29 is 9.90 Å². The highest BCUT2D eigenvalue weighted by Gasteiger charge is 2.48. The number of nitrogens with two attached hydrogens (primary N) is 1. The summed E-state index contributed by atoms with van der Waals surface area (Å²) >= 11 is 0. The molecule has 1 aliphatic heterocycles. The summed E-state index contributed by atoms with van der Waals surface area (Å²) in [7, 11) is 0. The fraction of sp³-hybridized carbons (Fsp3) is 0.875. The number of carbonyl (C=O) groups is 1. The Morgan fingerprint density at radius 2 is 2.15 bits per heavy atom. The summed E-state index contributed by atoms with van der Waals surface area (Å²) in [5.41, 5.74) is 6.04. The number of likely N-dealkylation sites (tertiary alicyclic amines) is 1. The first-order valence-corrected chi connectivity index (χ1v) is 4.35. The third-order valence-electron chi connectivity index (χ3n) is 3.06. The van der Waals surface area contributed by atoms with Crippen molar-refractivity contribution in [3.8, 4) is 0 Å². The predicted molar refractivity (Wildman–Crippen MR) is 51.1 cm³/mol. The van der Waals surface area contributed by atoms with Crippen molar-refractivity contribution in [3.05, 3.63) is 0 Å². The largest absolute Gasteiger partial charge is 0.465 e. The maximum absolute atomic E-state index is 10.5. The molecule has 0 bridgehead atoms. The molecule has 2 fully saturated rings. The second kappa shape index (κ2) is 3.35. The summed E-state index contributed by atoms with van der Waals surface area (Å²) in [5.74, 6) is 0. The molecule has 1 unspecified atom stereocenters. The first-order valence-electron chi connectivity index (χ1n) is 4.35. The highest BCUT2D eigenvalue weighted by molar-refractivity contribution is 5.85. The van der Waals surface area contributed by atoms with Gasteiger partial charge in [0.1, 0.15) is 0 Å². The van der Waals surface area contributed by atoms with Crippen LogP contribution in [-0.4, -0.2) is 35.2 Å². The molecule has 3 N–H and O–H groups in total. The molecule has 4 nitrogen and oxygen atoms in total. The summed E-state index contributed by atoms with van der Waals surface area (Å²) in [4.78, 5) is 12.0. The molecule has 1 saturated heterocycles. The van der Waals surface area contributed by atoms with E-state index in [4.69, 9.17) is 10.8 Å². The van der Waals surface area contributed by atoms with Gasteiger partial charge in [0.05, 0.1) is 0 Å². The third kappa shape index (κ3) is 1.74. The van der Waals surface area contributed by atoms with Crippen molar-refractivity contribution in [2.24, 2.45) is 11.1 Å². The summed E-state index contributed by atoms with van der Waals surface area (Å²) in [6.07, 6.45) is 2.39. The first-order chi connectivity index (χ1) is 5.61. The van der Waals surface area contributed by atoms with Gasteiger partial charge in [-0.3, -0.25) is 0 Å². The van der Waals surface area contributed by atoms with Gasteiger partial charge < -0.3 is 15.7 Å². The predicted octanol–water partition coefficient (Wildman–Crippen LogP) is 0.899. The minimum Gasteiger partial charge on any atom is -0.465 e. The lowest BCUT2D eigenvalue weighted by molar-refractivity contribution is 0.0143. The zero-order valence-corrected chi connectivity index (χ0v) is 8.22. The van der Waals surface area contributed by atoms with Crippen LogP contribution in [0.1, 0.15) is 19.3 Å². The van der Waals surface area contributed by atoms with Gasteiger partial charge >= 0.3 is 6.09 Å². The topological polar surface area (TPSA) is 66.6 Å². The Bertz CT molecular complexity index is 216. The van der Waals surface area contributed by atoms with Crippen LogP contribution in [0.3, 0.4) is 0 Å². The van der Waals surface area contributed by atoms with Crippen LogP contribution in [0.5, 0.6) is 0 Å². The molecule has 0 aromatic rings. The minimum absolute atomic E-state index is 0. The van der Waals surface area contributed by atoms with Gasteiger partial charge in [-0.15, -0.1) is 12.4 Å². The van der Waals surface area contributed by atoms with Crippen LogP contribution >= 0.6 is 12.4 Å². The molecule has 2 aliphatic rings. The Labute approximate surface area is 83.5 Å². The second-order valence-electron chi connectivity index (χ2n) is 4.14. The summed E-state index contributed by atoms with van der Waals surface area (Å²) in [6.45, 7) is 1.41. The molecule has 1 saturated carbocycles. The van der Waals surface area contributed by atoms with Gasteiger partial charge in [0.2, 0.25) is 0 Å². The van der Waals surface area contributed by atoms with Crippen molar-refractivity contribution in [2.45, 2.75) is 25.3 Å². The van der Waals surface area contributed by atoms with Crippen molar-refractivity contribution in [1.82, 2.24) is 4.90 Å². The van der Waals surface area contributed by atoms with Crippen LogP contribution in [0.15, 0.2) is 0 Å². The number of hydrogen-bond acceptors (Lipinski definition) is 2. The standard InChI is InChI=1S/C8H14N2O2.ClH/c9-6-1-2-8(3-6)4-10(5-8)7(11)12;/h6H,1-5,9H2,(H,11,12);1H. The third-order valence-corrected chi connectivity index (χ3v) is 3.06. The average Bonchev–Trinajstić information content (AvgIpc) is 2.27. The lowest BCUT2D eigenvalue weighted by Crippen LogP contribution is -2.57. The Morgan fingerprint density at radius 3 is 2.54 bits per heavy atom. The van der Waals surface area contributed by atoms with Gasteiger partial charge in [-0.05, 0) is 19.3 Å². The molecule has 5 heteroatoms. The molecule has 0 aromatic carbocycles. The molecule has 1 amide bonds. The Morgan fingerprint density at radius 1 is 1.54 bits per heavy atom. The van der Waals surface area contributed by atoms with Crippen molar-refractivity contribution in [3.63, 3.8) is 0 Å². The molecule has 76 valence electrons. The van der Waals surface area contributed by atoms with E-state index in [1.54, 1.807) is 0 Å². The van der Waals surface area contributed by atoms with Crippen LogP contribution < -0.4 is 5.73 Å². The Kier molecular flexibility index (Phi) is 2.73. The van der Waals surface area contributed by atoms with E-state index < -0.39 is 6.09 Å². The van der Waals surface area contributed by atoms with Gasteiger partial charge in [-0.25, -0.2) is 4.79 Å². The van der Waals surface area contributed by atoms with E-state index in [0.29, 0.717) is 19.1 Å². The summed E-state index contributed by atoms with van der Waals surface area (Å²) < 4.78 is 0. The molecule has 1 spiro atoms. The van der Waals surface area contributed by atoms with Crippen molar-refractivity contribution in [1.29, 1.82) is 0 Å². The van der Waals surface area contributed by atoms with Crippen LogP contribution in [-0.2, 0) is 0 Å². The van der Waals surface area contributed by atoms with E-state index in [1.165, 1.54) is 4.90 Å². The van der Waals surface area contributed by atoms with E-state index in [9.17, 15) is 4.79 Å². The lowest BCUT2D eigenvalue weighted by Gasteiger charge is -2.46. The van der Waals surface area contributed by atoms with Crippen LogP contribution in [0.4, 0.5) is 4.79 Å². The Hall–Kier alpha value is -0.480. The SMILES string of the molecule is Cl.NC1CCC2(C1)CN(C(=O)O)C2. The number of halogens is 1. The van der Waals surface area contributed by atoms with Crippen molar-refractivity contribution in [2.75, 3.05) is 13.1 Å². The second-order valence-corrected chi connectivity index (χ2v) is 4.14. The molecule has 13 heavy (non-hydrogen) atoms. The van der Waals surface area contributed by atoms with Gasteiger partial charge in [0.15, 0.2) is 0 Å². The molecule has 0 radical (unpaired) electrons. The summed E-state index contributed by atoms with van der Waals surface area (Å²) in [5, 5.41) is 8.64. The summed E-state index contributed by atoms with van der Waals surface area (Å²) in [6, 6.07) is 0.306. The van der Waals surface area contributed by atoms with Crippen LogP contribution in [0, 0.1) is 5.41 Å². The number of nitrogens with zero attached hydrogens (tertiary/aromatic N) is 1. The van der Waals surface area contributed by atoms with Crippen molar-refractivity contribution >= 4 is 18.5 Å². The molecule has 1 heterocycles. The zero-order chi connectivity index (χ0) is 8.77. The monoisotopic (exact) mass is 206 g/mol. The first kappa shape index (κ1) is 10.6. The minimum atomic E-state index is -0.791. The molecule has 1 atom stereocenters. The quantitative estimate of drug-likeness (QED) is 0.619. The number of amides is 1. The fourth-order valence-corrected chi connectivity index (χ4v) is 2.44. The molecule has 1 aliphatic carbocycles. The molecular weight excluding hydrogens is 192 g/mol. The Balaban J connectivity index is 0.000000845. The zero-order valence-electron chi connectivity index (χ0n) is 7.40. The maximum atomic E-state index is 10.5. The van der Waals surface area contributed by atoms with E-state index in [0.717, 1.165) is 19.3 Å². The van der Waals surface area contributed by atoms with E-state index in [1.807, 2.05) is 0 Å². The highest BCUT2D eigenvalue weighted by atomic mass is 35.5. The normalized spacial score (nSPS) is 29.6. The molecular formula is C8H15ClN2O2. The fourth-order valence-electron chi connectivity index (χ4n) is 2.44. The van der Waals surface area contributed by atoms with E-state index >= 15 is 0 Å². The van der Waals surface area contributed by atoms with E-state index in [-0.39, 0.29) is 17.8 Å². The van der Waals surface area contributed by atoms with Crippen LogP contribution in [0.25, 0.3) is 0 Å².